The van der Waals surface area contributed by atoms with E-state index < -0.39 is 0 Å². The summed E-state index contributed by atoms with van der Waals surface area (Å²) in [4.78, 5) is 0. The number of hydrogen-bond acceptors (Lipinski definition) is 5. The third kappa shape index (κ3) is 6.06. The molecule has 0 saturated carbocycles. The van der Waals surface area contributed by atoms with Gasteiger partial charge >= 0.3 is 0 Å². The minimum absolute atomic E-state index is 0.673. The van der Waals surface area contributed by atoms with Crippen LogP contribution in [-0.2, 0) is 6.54 Å². The Morgan fingerprint density at radius 2 is 1.76 bits per heavy atom. The lowest BCUT2D eigenvalue weighted by Crippen LogP contribution is -2.12. The Balaban J connectivity index is 2.75. The zero-order valence-corrected chi connectivity index (χ0v) is 14.3. The first-order valence-corrected chi connectivity index (χ1v) is 8.58. The third-order valence-electron chi connectivity index (χ3n) is 2.98. The van der Waals surface area contributed by atoms with Gasteiger partial charge in [-0.05, 0) is 42.2 Å². The van der Waals surface area contributed by atoms with Crippen molar-refractivity contribution in [3.63, 3.8) is 0 Å². The molecule has 0 aliphatic carbocycles. The van der Waals surface area contributed by atoms with Crippen LogP contribution < -0.4 is 19.5 Å². The summed E-state index contributed by atoms with van der Waals surface area (Å²) in [5.41, 5.74) is 1.12. The van der Waals surface area contributed by atoms with Crippen LogP contribution >= 0.6 is 11.8 Å². The summed E-state index contributed by atoms with van der Waals surface area (Å²) >= 11 is 1.92. The highest BCUT2D eigenvalue weighted by Gasteiger charge is 2.14. The van der Waals surface area contributed by atoms with Gasteiger partial charge in [0.1, 0.15) is 0 Å². The molecular formula is C16H27NO3S. The Labute approximate surface area is 132 Å². The Morgan fingerprint density at radius 3 is 2.29 bits per heavy atom. The van der Waals surface area contributed by atoms with Gasteiger partial charge in [0.15, 0.2) is 11.5 Å². The van der Waals surface area contributed by atoms with E-state index in [1.165, 1.54) is 0 Å². The summed E-state index contributed by atoms with van der Waals surface area (Å²) < 4.78 is 16.8. The number of benzene rings is 1. The van der Waals surface area contributed by atoms with Gasteiger partial charge in [-0.25, -0.2) is 0 Å². The van der Waals surface area contributed by atoms with E-state index in [-0.39, 0.29) is 0 Å². The van der Waals surface area contributed by atoms with Crippen LogP contribution in [0.15, 0.2) is 12.1 Å². The summed E-state index contributed by atoms with van der Waals surface area (Å²) in [5, 5.41) is 3.30. The molecule has 4 nitrogen and oxygen atoms in total. The number of ether oxygens (including phenoxy) is 3. The number of nitrogens with one attached hydrogen (secondary N) is 1. The van der Waals surface area contributed by atoms with Crippen molar-refractivity contribution in [2.75, 3.05) is 38.9 Å². The van der Waals surface area contributed by atoms with Crippen molar-refractivity contribution < 1.29 is 14.2 Å². The topological polar surface area (TPSA) is 39.7 Å². The fourth-order valence-corrected chi connectivity index (χ4v) is 2.54. The summed E-state index contributed by atoms with van der Waals surface area (Å²) in [7, 11) is 3.32. The highest BCUT2D eigenvalue weighted by molar-refractivity contribution is 7.99. The molecular weight excluding hydrogens is 286 g/mol. The van der Waals surface area contributed by atoms with Crippen LogP contribution in [-0.4, -0.2) is 38.9 Å². The quantitative estimate of drug-likeness (QED) is 0.635. The van der Waals surface area contributed by atoms with Crippen molar-refractivity contribution >= 4 is 11.8 Å². The molecule has 1 aromatic carbocycles. The van der Waals surface area contributed by atoms with E-state index in [0.29, 0.717) is 12.4 Å². The highest BCUT2D eigenvalue weighted by atomic mass is 32.2. The second kappa shape index (κ2) is 10.6. The molecule has 0 aromatic heterocycles. The first kappa shape index (κ1) is 18.0. The zero-order chi connectivity index (χ0) is 15.5. The molecule has 21 heavy (non-hydrogen) atoms. The average molecular weight is 313 g/mol. The lowest BCUT2D eigenvalue weighted by molar-refractivity contribution is 0.275. The van der Waals surface area contributed by atoms with Crippen LogP contribution in [0.5, 0.6) is 17.2 Å². The molecule has 0 heterocycles. The summed E-state index contributed by atoms with van der Waals surface area (Å²) in [6.07, 6.45) is 1.02. The van der Waals surface area contributed by atoms with E-state index in [4.69, 9.17) is 14.2 Å². The SMILES string of the molecule is CCNCc1cc(OC)c(OCCCSCC)c(OC)c1. The predicted molar refractivity (Wildman–Crippen MR) is 90.0 cm³/mol. The molecule has 0 aliphatic rings. The van der Waals surface area contributed by atoms with Gasteiger partial charge in [-0.3, -0.25) is 0 Å². The lowest BCUT2D eigenvalue weighted by atomic mass is 10.1. The van der Waals surface area contributed by atoms with Crippen molar-refractivity contribution in [2.24, 2.45) is 0 Å². The van der Waals surface area contributed by atoms with E-state index in [1.54, 1.807) is 14.2 Å². The van der Waals surface area contributed by atoms with Gasteiger partial charge in [0, 0.05) is 6.54 Å². The molecule has 1 rings (SSSR count). The van der Waals surface area contributed by atoms with Crippen molar-refractivity contribution in [1.82, 2.24) is 5.32 Å². The van der Waals surface area contributed by atoms with Crippen LogP contribution in [0.25, 0.3) is 0 Å². The number of methoxy groups -OCH3 is 2. The number of hydrogen-bond donors (Lipinski definition) is 1. The van der Waals surface area contributed by atoms with Crippen molar-refractivity contribution in [2.45, 2.75) is 26.8 Å². The molecule has 0 aliphatic heterocycles. The first-order chi connectivity index (χ1) is 10.3. The average Bonchev–Trinajstić information content (AvgIpc) is 2.52. The van der Waals surface area contributed by atoms with Gasteiger partial charge in [0.25, 0.3) is 0 Å². The molecule has 0 bridgehead atoms. The maximum absolute atomic E-state index is 5.87. The van der Waals surface area contributed by atoms with E-state index in [9.17, 15) is 0 Å². The normalized spacial score (nSPS) is 10.5. The Hall–Kier alpha value is -1.07. The smallest absolute Gasteiger partial charge is 0.203 e. The van der Waals surface area contributed by atoms with E-state index in [2.05, 4.69) is 19.2 Å². The molecule has 0 atom stereocenters. The van der Waals surface area contributed by atoms with Gasteiger partial charge < -0.3 is 19.5 Å². The summed E-state index contributed by atoms with van der Waals surface area (Å²) in [6, 6.07) is 4.00. The Morgan fingerprint density at radius 1 is 1.10 bits per heavy atom. The summed E-state index contributed by atoms with van der Waals surface area (Å²) in [6.45, 7) is 6.64. The van der Waals surface area contributed by atoms with Crippen LogP contribution in [0.1, 0.15) is 25.8 Å². The first-order valence-electron chi connectivity index (χ1n) is 7.42. The molecule has 1 aromatic rings. The van der Waals surface area contributed by atoms with Gasteiger partial charge in [-0.1, -0.05) is 13.8 Å². The van der Waals surface area contributed by atoms with Crippen LogP contribution in [0.4, 0.5) is 0 Å². The summed E-state index contributed by atoms with van der Waals surface area (Å²) in [5.74, 6) is 4.41. The van der Waals surface area contributed by atoms with Crippen molar-refractivity contribution in [3.05, 3.63) is 17.7 Å². The second-order valence-electron chi connectivity index (χ2n) is 4.51. The maximum Gasteiger partial charge on any atom is 0.203 e. The highest BCUT2D eigenvalue weighted by Crippen LogP contribution is 2.38. The molecule has 0 fully saturated rings. The molecule has 0 amide bonds. The van der Waals surface area contributed by atoms with Crippen LogP contribution in [0.2, 0.25) is 0 Å². The fourth-order valence-electron chi connectivity index (χ4n) is 1.93. The van der Waals surface area contributed by atoms with Gasteiger partial charge in [-0.15, -0.1) is 0 Å². The maximum atomic E-state index is 5.87. The third-order valence-corrected chi connectivity index (χ3v) is 3.97. The monoisotopic (exact) mass is 313 g/mol. The standard InChI is InChI=1S/C16H27NO3S/c1-5-17-12-13-10-14(18-3)16(15(11-13)19-4)20-8-7-9-21-6-2/h10-11,17H,5-9,12H2,1-4H3. The predicted octanol–water partition coefficient (Wildman–Crippen LogP) is 3.34. The second-order valence-corrected chi connectivity index (χ2v) is 5.90. The van der Waals surface area contributed by atoms with E-state index >= 15 is 0 Å². The molecule has 0 unspecified atom stereocenters. The minimum Gasteiger partial charge on any atom is -0.493 e. The van der Waals surface area contributed by atoms with Crippen molar-refractivity contribution in [1.29, 1.82) is 0 Å². The Bertz CT molecular complexity index is 388. The number of rotatable bonds is 11. The molecule has 1 N–H and O–H groups in total. The number of thioether (sulfide) groups is 1. The molecule has 120 valence electrons. The van der Waals surface area contributed by atoms with Gasteiger partial charge in [-0.2, -0.15) is 11.8 Å². The van der Waals surface area contributed by atoms with E-state index in [0.717, 1.165) is 48.1 Å². The Kier molecular flexibility index (Phi) is 9.10. The van der Waals surface area contributed by atoms with Crippen molar-refractivity contribution in [3.8, 4) is 17.2 Å². The molecule has 0 radical (unpaired) electrons. The zero-order valence-electron chi connectivity index (χ0n) is 13.5. The fraction of sp³-hybridized carbons (Fsp3) is 0.625. The minimum atomic E-state index is 0.673. The largest absolute Gasteiger partial charge is 0.493 e. The molecule has 0 saturated heterocycles. The van der Waals surface area contributed by atoms with Crippen LogP contribution in [0.3, 0.4) is 0 Å². The molecule has 5 heteroatoms. The van der Waals surface area contributed by atoms with E-state index in [1.807, 2.05) is 23.9 Å². The lowest BCUT2D eigenvalue weighted by Gasteiger charge is -2.16. The van der Waals surface area contributed by atoms with Gasteiger partial charge in [0.2, 0.25) is 5.75 Å². The molecule has 0 spiro atoms. The van der Waals surface area contributed by atoms with Crippen LogP contribution in [0, 0.1) is 0 Å². The van der Waals surface area contributed by atoms with Gasteiger partial charge in [0.05, 0.1) is 20.8 Å².